The average Bonchev–Trinajstić information content (AvgIpc) is 0.748. The number of aliphatic carboxylic acids is 9. The van der Waals surface area contributed by atoms with Crippen LogP contribution in [0, 0.1) is 11.8 Å². The second-order valence-electron chi connectivity index (χ2n) is 27.5. The summed E-state index contributed by atoms with van der Waals surface area (Å²) in [6.07, 6.45) is -4.24. The Kier molecular flexibility index (Phi) is 38.3. The van der Waals surface area contributed by atoms with E-state index in [1.807, 2.05) is 0 Å². The van der Waals surface area contributed by atoms with Crippen molar-refractivity contribution in [1.82, 2.24) is 46.2 Å². The Morgan fingerprint density at radius 3 is 1.31 bits per heavy atom. The molecular formula is C66H102FN9O25Si. The first kappa shape index (κ1) is 89.2. The van der Waals surface area contributed by atoms with E-state index in [1.165, 1.54) is 43.9 Å². The van der Waals surface area contributed by atoms with Crippen LogP contribution in [0.1, 0.15) is 161 Å². The van der Waals surface area contributed by atoms with Crippen LogP contribution in [0.25, 0.3) is 0 Å². The van der Waals surface area contributed by atoms with Crippen LogP contribution in [0.3, 0.4) is 0 Å². The van der Waals surface area contributed by atoms with Crippen molar-refractivity contribution in [1.29, 1.82) is 0 Å². The Labute approximate surface area is 591 Å². The summed E-state index contributed by atoms with van der Waals surface area (Å²) in [6.45, 7) is 8.74. The monoisotopic (exact) mass is 1470 g/mol. The third kappa shape index (κ3) is 33.3. The Bertz CT molecular complexity index is 3040. The molecule has 14 N–H and O–H groups in total. The third-order valence-electron chi connectivity index (χ3n) is 17.4. The number of rotatable bonds is 46. The number of hydrogen-bond donors (Lipinski definition) is 14. The lowest BCUT2D eigenvalue weighted by Gasteiger charge is -2.44. The van der Waals surface area contributed by atoms with Crippen LogP contribution in [0.15, 0.2) is 24.3 Å². The van der Waals surface area contributed by atoms with Gasteiger partial charge in [0.1, 0.15) is 35.7 Å². The first-order chi connectivity index (χ1) is 47.5. The summed E-state index contributed by atoms with van der Waals surface area (Å²) in [7, 11) is -3.81. The Morgan fingerprint density at radius 1 is 0.431 bits per heavy atom. The first-order valence-corrected chi connectivity index (χ1v) is 35.6. The molecule has 0 unspecified atom stereocenters. The van der Waals surface area contributed by atoms with Gasteiger partial charge in [0.15, 0.2) is 0 Å². The Morgan fingerprint density at radius 2 is 0.873 bits per heavy atom. The van der Waals surface area contributed by atoms with Gasteiger partial charge in [0.05, 0.1) is 31.5 Å². The van der Waals surface area contributed by atoms with Gasteiger partial charge in [-0.1, -0.05) is 60.1 Å². The molecule has 102 heavy (non-hydrogen) atoms. The van der Waals surface area contributed by atoms with E-state index in [1.54, 1.807) is 41.5 Å². The van der Waals surface area contributed by atoms with Gasteiger partial charge in [-0.2, -0.15) is 0 Å². The number of carbonyl (C=O) groups excluding carboxylic acids is 7. The minimum absolute atomic E-state index is 0.0109. The van der Waals surface area contributed by atoms with Crippen LogP contribution in [0.4, 0.5) is 4.11 Å². The zero-order chi connectivity index (χ0) is 77.2. The van der Waals surface area contributed by atoms with E-state index < -0.39 is 208 Å². The zero-order valence-corrected chi connectivity index (χ0v) is 59.7. The van der Waals surface area contributed by atoms with Crippen LogP contribution in [0.2, 0.25) is 10.1 Å². The van der Waals surface area contributed by atoms with E-state index in [-0.39, 0.29) is 141 Å². The van der Waals surface area contributed by atoms with Gasteiger partial charge in [0.25, 0.3) is 14.3 Å². The van der Waals surface area contributed by atoms with Crippen LogP contribution in [0.5, 0.6) is 0 Å². The molecule has 572 valence electrons. The molecule has 0 aliphatic carbocycles. The highest BCUT2D eigenvalue weighted by Crippen LogP contribution is 2.51. The van der Waals surface area contributed by atoms with Gasteiger partial charge in [-0.05, 0) is 78.8 Å². The SMILES string of the molecule is CC(C)(C)[Si](F)(c1ccc(C(=O)N[C@@H](CNC(=O)CC[C@@H](C(=O)O)N2CCN(CC(=O)O)CCN(CC(=O)O)CCN(CC(=O)O)CC2)C(=O)N[C@H](CCCCNC(=O)CCC(=O)CCCC[C@@H](NC(=O)CC[C@H](CC(=O)C[C@@H](CCC(=O)O)C(=O)O)C(=O)O)C(=O)O)C(=O)O)cc1)C(C)(C)C. The van der Waals surface area contributed by atoms with Crippen LogP contribution in [-0.2, 0) is 71.9 Å². The molecule has 0 aromatic heterocycles. The average molecular weight is 1470 g/mol. The minimum atomic E-state index is -3.81. The maximum Gasteiger partial charge on any atom is 0.326 e. The highest BCUT2D eigenvalue weighted by atomic mass is 28.4. The first-order valence-electron chi connectivity index (χ1n) is 33.7. The molecule has 6 atom stereocenters. The summed E-state index contributed by atoms with van der Waals surface area (Å²) in [4.78, 5) is 205. The molecule has 0 spiro atoms. The smallest absolute Gasteiger partial charge is 0.326 e. The fourth-order valence-electron chi connectivity index (χ4n) is 12.0. The van der Waals surface area contributed by atoms with Gasteiger partial charge in [-0.3, -0.25) is 86.7 Å². The molecule has 1 saturated heterocycles. The number of ketones is 2. The number of hydrogen-bond acceptors (Lipinski definition) is 20. The second-order valence-corrected chi connectivity index (χ2v) is 32.4. The summed E-state index contributed by atoms with van der Waals surface area (Å²) < 4.78 is 17.2. The van der Waals surface area contributed by atoms with E-state index >= 15 is 4.11 Å². The van der Waals surface area contributed by atoms with Gasteiger partial charge in [0, 0.05) is 122 Å². The van der Waals surface area contributed by atoms with Crippen molar-refractivity contribution in [2.75, 3.05) is 85.1 Å². The van der Waals surface area contributed by atoms with E-state index in [0.717, 1.165) is 0 Å². The topological polar surface area (TPSA) is 528 Å². The Balaban J connectivity index is 2.13. The highest BCUT2D eigenvalue weighted by Gasteiger charge is 2.56. The molecule has 34 nitrogen and oxygen atoms in total. The molecule has 0 bridgehead atoms. The standard InChI is InChI=1S/C66H102FN9O25Si/c1-65(2,3)102(67,66(4,5)6)46-19-14-41(15-20-46)58(90)72-49(37-69-52(80)24-21-50(64(100)101)76-33-31-74(39-56(86)87)29-27-73(38-55(84)85)28-30-75(32-34-76)40-57(88)89)59(91)71-48(63(98)99)13-9-10-26-68-51(79)23-18-44(77)11-7-8-12-47(62(96)97)70-53(81)22-16-42(60(92)93)35-45(78)36-43(61(94)95)17-25-54(82)83/h14-15,19-20,42-43,47-50H,7-13,16-18,21-40H2,1-6H3,(H,68,79)(H,69,80)(H,70,81)(H,71,91)(H,72,90)(H,82,83)(H,84,85)(H,86,87)(H,88,89)(H,92,93)(H,94,95)(H,96,97)(H,98,99)(H,100,101)/t42-,43-,47-,48-,49+,50+/m1/s1. The number of nitrogens with one attached hydrogen (secondary N) is 5. The van der Waals surface area contributed by atoms with Crippen LogP contribution < -0.4 is 31.8 Å². The molecule has 1 heterocycles. The molecule has 0 saturated carbocycles. The summed E-state index contributed by atoms with van der Waals surface area (Å²) >= 11 is 0. The molecular weight excluding hydrogens is 1370 g/mol. The van der Waals surface area contributed by atoms with E-state index in [0.29, 0.717) is 5.19 Å². The number of halogens is 1. The quantitative estimate of drug-likeness (QED) is 0.0246. The number of carboxylic acid groups (broad SMARTS) is 9. The third-order valence-corrected chi connectivity index (χ3v) is 22.7. The van der Waals surface area contributed by atoms with E-state index in [4.69, 9.17) is 5.11 Å². The highest BCUT2D eigenvalue weighted by molar-refractivity contribution is 6.90. The molecule has 1 aliphatic heterocycles. The van der Waals surface area contributed by atoms with Crippen molar-refractivity contribution in [2.24, 2.45) is 11.8 Å². The van der Waals surface area contributed by atoms with E-state index in [2.05, 4.69) is 26.6 Å². The summed E-state index contributed by atoms with van der Waals surface area (Å²) in [5.41, 5.74) is -0.0282. The van der Waals surface area contributed by atoms with Crippen molar-refractivity contribution >= 4 is 108 Å². The predicted molar refractivity (Wildman–Crippen MR) is 362 cm³/mol. The van der Waals surface area contributed by atoms with Crippen molar-refractivity contribution in [3.05, 3.63) is 29.8 Å². The lowest BCUT2D eigenvalue weighted by molar-refractivity contribution is -0.147. The second kappa shape index (κ2) is 43.8. The van der Waals surface area contributed by atoms with Gasteiger partial charge in [0.2, 0.25) is 23.6 Å². The lowest BCUT2D eigenvalue weighted by Crippen LogP contribution is -2.58. The maximum absolute atomic E-state index is 17.2. The minimum Gasteiger partial charge on any atom is -0.481 e. The number of amides is 5. The van der Waals surface area contributed by atoms with Crippen molar-refractivity contribution in [2.45, 2.75) is 185 Å². The normalized spacial score (nSPS) is 15.8. The molecule has 1 aromatic carbocycles. The van der Waals surface area contributed by atoms with Gasteiger partial charge >= 0.3 is 53.7 Å². The molecule has 2 rings (SSSR count). The fourth-order valence-corrected chi connectivity index (χ4v) is 16.6. The number of nitrogens with zero attached hydrogens (tertiary/aromatic N) is 4. The molecule has 5 amide bonds. The number of carbonyl (C=O) groups is 16. The van der Waals surface area contributed by atoms with Crippen molar-refractivity contribution in [3.63, 3.8) is 0 Å². The Hall–Kier alpha value is -8.87. The van der Waals surface area contributed by atoms with Gasteiger partial charge < -0.3 is 76.7 Å². The fraction of sp³-hybridized carbons (Fsp3) is 0.667. The van der Waals surface area contributed by atoms with E-state index in [9.17, 15) is 118 Å². The van der Waals surface area contributed by atoms with Crippen molar-refractivity contribution in [3.8, 4) is 0 Å². The maximum atomic E-state index is 17.2. The zero-order valence-electron chi connectivity index (χ0n) is 58.7. The van der Waals surface area contributed by atoms with Crippen LogP contribution >= 0.6 is 0 Å². The molecule has 0 radical (unpaired) electrons. The molecule has 1 aliphatic rings. The molecule has 1 fully saturated rings. The van der Waals surface area contributed by atoms with Crippen molar-refractivity contribution < 1.29 is 127 Å². The van der Waals surface area contributed by atoms with Gasteiger partial charge in [-0.25, -0.2) is 9.59 Å². The predicted octanol–water partition coefficient (Wildman–Crippen LogP) is 1.06. The van der Waals surface area contributed by atoms with Crippen LogP contribution in [-0.4, -0.2) is 278 Å². The number of benzene rings is 1. The summed E-state index contributed by atoms with van der Waals surface area (Å²) in [6, 6.07) is -0.401. The number of carboxylic acids is 9. The summed E-state index contributed by atoms with van der Waals surface area (Å²) in [5.74, 6) is -20.1. The lowest BCUT2D eigenvalue weighted by atomic mass is 9.90. The number of Topliss-reactive ketones (excluding diaryl/α,β-unsaturated/α-hetero) is 2. The van der Waals surface area contributed by atoms with Gasteiger partial charge in [-0.15, -0.1) is 0 Å². The molecule has 36 heteroatoms. The molecule has 1 aromatic rings. The largest absolute Gasteiger partial charge is 0.481 e. The summed E-state index contributed by atoms with van der Waals surface area (Å²) in [5, 5.41) is 98.2. The number of unbranched alkanes of at least 4 members (excludes halogenated alkanes) is 2.